The van der Waals surface area contributed by atoms with Crippen LogP contribution in [0, 0.1) is 0 Å². The molecule has 3 aromatic heterocycles. The van der Waals surface area contributed by atoms with Gasteiger partial charge in [0, 0.05) is 21.8 Å². The van der Waals surface area contributed by atoms with Gasteiger partial charge in [0.05, 0.1) is 39.3 Å². The number of imidazole rings is 1. The first-order chi connectivity index (χ1) is 17.4. The second-order valence-corrected chi connectivity index (χ2v) is 10.0. The number of fused-ring (bicyclic) bond motifs is 1. The van der Waals surface area contributed by atoms with Crippen LogP contribution >= 0.6 is 34.5 Å². The zero-order valence-electron chi connectivity index (χ0n) is 18.8. The predicted octanol–water partition coefficient (Wildman–Crippen LogP) is 4.29. The van der Waals surface area contributed by atoms with E-state index in [1.807, 2.05) is 12.1 Å². The van der Waals surface area contributed by atoms with E-state index in [0.717, 1.165) is 22.6 Å². The van der Waals surface area contributed by atoms with E-state index in [4.69, 9.17) is 34.9 Å². The Bertz CT molecular complexity index is 1540. The maximum absolute atomic E-state index is 13.8. The van der Waals surface area contributed by atoms with Crippen LogP contribution in [0.25, 0.3) is 21.7 Å². The number of H-pyrrole nitrogens is 1. The Hall–Kier alpha value is -3.44. The number of hydrogen-bond donors (Lipinski definition) is 3. The summed E-state index contributed by atoms with van der Waals surface area (Å²) in [4.78, 5) is 34.2. The first kappa shape index (κ1) is 24.3. The number of aromatic nitrogens is 3. The van der Waals surface area contributed by atoms with Gasteiger partial charge in [0.15, 0.2) is 6.29 Å². The molecule has 0 amide bonds. The molecule has 5 rings (SSSR count). The summed E-state index contributed by atoms with van der Waals surface area (Å²) in [5.41, 5.74) is 3.75. The summed E-state index contributed by atoms with van der Waals surface area (Å²) in [6, 6.07) is 10.5. The monoisotopic (exact) mass is 541 g/mol. The molecule has 1 aliphatic heterocycles. The summed E-state index contributed by atoms with van der Waals surface area (Å²) in [7, 11) is 0. The van der Waals surface area contributed by atoms with Crippen molar-refractivity contribution >= 4 is 52.9 Å². The molecular weight excluding hydrogens is 521 g/mol. The lowest BCUT2D eigenvalue weighted by atomic mass is 9.98. The number of aldehydes is 1. The number of thiophene rings is 1. The highest BCUT2D eigenvalue weighted by molar-refractivity contribution is 7.17. The Labute approximate surface area is 219 Å². The molecule has 1 atom stereocenters. The van der Waals surface area contributed by atoms with E-state index in [-0.39, 0.29) is 17.5 Å². The average Bonchev–Trinajstić information content (AvgIpc) is 3.62. The number of pyridine rings is 1. The molecule has 0 saturated heterocycles. The third kappa shape index (κ3) is 4.22. The number of nitrogens with two attached hydrogens (primary N) is 2. The lowest BCUT2D eigenvalue weighted by Crippen LogP contribution is -2.31. The van der Waals surface area contributed by atoms with Crippen LogP contribution in [0.3, 0.4) is 0 Å². The lowest BCUT2D eigenvalue weighted by Gasteiger charge is -2.21. The molecule has 0 bridgehead atoms. The largest absolute Gasteiger partial charge is 0.340 e. The van der Waals surface area contributed by atoms with Gasteiger partial charge in [0.2, 0.25) is 0 Å². The minimum absolute atomic E-state index is 0.00422. The summed E-state index contributed by atoms with van der Waals surface area (Å²) in [6.45, 7) is 0. The highest BCUT2D eigenvalue weighted by atomic mass is 35.5. The topological polar surface area (TPSA) is 135 Å². The minimum Gasteiger partial charge on any atom is -0.340 e. The normalized spacial score (nSPS) is 14.9. The number of hydrazone groups is 1. The van der Waals surface area contributed by atoms with E-state index in [0.29, 0.717) is 50.9 Å². The third-order valence-electron chi connectivity index (χ3n) is 6.18. The van der Waals surface area contributed by atoms with Gasteiger partial charge in [0.25, 0.3) is 5.56 Å². The maximum atomic E-state index is 13.8. The molecular formula is C24H21Cl2N7O2S. The van der Waals surface area contributed by atoms with Crippen molar-refractivity contribution in [3.8, 4) is 21.7 Å². The van der Waals surface area contributed by atoms with E-state index in [2.05, 4.69) is 15.1 Å². The Morgan fingerprint density at radius 3 is 2.83 bits per heavy atom. The van der Waals surface area contributed by atoms with Crippen molar-refractivity contribution < 1.29 is 4.79 Å². The fourth-order valence-electron chi connectivity index (χ4n) is 4.57. The molecule has 184 valence electrons. The second kappa shape index (κ2) is 9.90. The summed E-state index contributed by atoms with van der Waals surface area (Å²) in [6.07, 6.45) is 5.18. The minimum atomic E-state index is -0.267. The first-order valence-corrected chi connectivity index (χ1v) is 12.7. The number of aromatic amines is 1. The highest BCUT2D eigenvalue weighted by Gasteiger charge is 2.30. The molecule has 12 heteroatoms. The Morgan fingerprint density at radius 1 is 1.28 bits per heavy atom. The number of alkyl halides is 1. The van der Waals surface area contributed by atoms with E-state index in [1.165, 1.54) is 22.7 Å². The number of nitrogens with zero attached hydrogens (tertiary/aromatic N) is 4. The molecule has 0 fully saturated rings. The highest BCUT2D eigenvalue weighted by Crippen LogP contribution is 2.38. The number of aryl methyl sites for hydroxylation is 1. The third-order valence-corrected chi connectivity index (χ3v) is 7.73. The number of halogens is 2. The van der Waals surface area contributed by atoms with Crippen LogP contribution in [0.1, 0.15) is 39.2 Å². The second-order valence-electron chi connectivity index (χ2n) is 8.23. The zero-order valence-corrected chi connectivity index (χ0v) is 21.1. The molecule has 5 N–H and O–H groups in total. The number of benzene rings is 1. The molecule has 0 radical (unpaired) electrons. The molecule has 1 aliphatic rings. The summed E-state index contributed by atoms with van der Waals surface area (Å²) >= 11 is 14.0. The van der Waals surface area contributed by atoms with Gasteiger partial charge in [-0.05, 0) is 54.8 Å². The van der Waals surface area contributed by atoms with Crippen molar-refractivity contribution in [2.45, 2.75) is 24.8 Å². The molecule has 36 heavy (non-hydrogen) atoms. The van der Waals surface area contributed by atoms with Gasteiger partial charge < -0.3 is 15.4 Å². The number of anilines is 1. The van der Waals surface area contributed by atoms with Gasteiger partial charge in [0.1, 0.15) is 12.2 Å². The quantitative estimate of drug-likeness (QED) is 0.0797. The van der Waals surface area contributed by atoms with Crippen LogP contribution in [-0.4, -0.2) is 27.2 Å². The molecule has 9 nitrogen and oxygen atoms in total. The van der Waals surface area contributed by atoms with E-state index in [1.54, 1.807) is 35.0 Å². The van der Waals surface area contributed by atoms with Crippen LogP contribution in [-0.2, 0) is 12.3 Å². The van der Waals surface area contributed by atoms with Gasteiger partial charge in [-0.3, -0.25) is 14.6 Å². The molecule has 0 aliphatic carbocycles. The number of nitrogens with one attached hydrogen (secondary N) is 1. The molecule has 0 spiro atoms. The number of carbonyl (C=O) groups is 1. The summed E-state index contributed by atoms with van der Waals surface area (Å²) in [5, 5.41) is 5.24. The van der Waals surface area contributed by atoms with Crippen LogP contribution in [0.15, 0.2) is 52.5 Å². The van der Waals surface area contributed by atoms with Crippen LogP contribution in [0.5, 0.6) is 0 Å². The number of rotatable bonds is 7. The standard InChI is InChI=1S/C24H21Cl2N7O2S/c25-9-18-16(17-7-13(26)1-4-20(17)32(28)12-30-27)8-14-2-5-21(33(14)24(18)35)23-29-10-19(31-23)22-6-3-15(11-34)36-22/h1,3-4,6-8,10-12,21H,2,5,9,27-28H2,(H,29,31)/b30-12-. The van der Waals surface area contributed by atoms with Crippen molar-refractivity contribution in [2.75, 3.05) is 5.01 Å². The van der Waals surface area contributed by atoms with Crippen LogP contribution in [0.2, 0.25) is 5.02 Å². The van der Waals surface area contributed by atoms with E-state index < -0.39 is 0 Å². The molecule has 4 heterocycles. The lowest BCUT2D eigenvalue weighted by molar-refractivity contribution is 0.112. The number of hydrogen-bond acceptors (Lipinski definition) is 7. The smallest absolute Gasteiger partial charge is 0.256 e. The predicted molar refractivity (Wildman–Crippen MR) is 144 cm³/mol. The van der Waals surface area contributed by atoms with Gasteiger partial charge in [-0.15, -0.1) is 22.9 Å². The summed E-state index contributed by atoms with van der Waals surface area (Å²) in [5.74, 6) is 12.1. The average molecular weight is 542 g/mol. The van der Waals surface area contributed by atoms with Crippen molar-refractivity contribution in [3.05, 3.63) is 79.9 Å². The van der Waals surface area contributed by atoms with Crippen molar-refractivity contribution in [1.29, 1.82) is 0 Å². The van der Waals surface area contributed by atoms with Crippen LogP contribution in [0.4, 0.5) is 5.69 Å². The zero-order chi connectivity index (χ0) is 25.4. The molecule has 4 aromatic rings. The fourth-order valence-corrected chi connectivity index (χ4v) is 5.78. The molecule has 1 unspecified atom stereocenters. The fraction of sp³-hybridized carbons (Fsp3) is 0.167. The van der Waals surface area contributed by atoms with E-state index in [9.17, 15) is 9.59 Å². The number of hydrazine groups is 1. The summed E-state index contributed by atoms with van der Waals surface area (Å²) < 4.78 is 1.75. The van der Waals surface area contributed by atoms with Crippen molar-refractivity contribution in [2.24, 2.45) is 16.8 Å². The van der Waals surface area contributed by atoms with Crippen LogP contribution < -0.4 is 22.3 Å². The van der Waals surface area contributed by atoms with E-state index >= 15 is 0 Å². The van der Waals surface area contributed by atoms with Gasteiger partial charge in [-0.1, -0.05) is 11.6 Å². The molecule has 1 aromatic carbocycles. The Morgan fingerprint density at radius 2 is 2.11 bits per heavy atom. The van der Waals surface area contributed by atoms with Gasteiger partial charge >= 0.3 is 0 Å². The Balaban J connectivity index is 1.59. The van der Waals surface area contributed by atoms with Crippen molar-refractivity contribution in [3.63, 3.8) is 0 Å². The van der Waals surface area contributed by atoms with Gasteiger partial charge in [-0.25, -0.2) is 10.8 Å². The molecule has 0 saturated carbocycles. The Kier molecular flexibility index (Phi) is 6.67. The van der Waals surface area contributed by atoms with Gasteiger partial charge in [-0.2, -0.15) is 5.10 Å². The number of carbonyl (C=O) groups excluding carboxylic acids is 1. The first-order valence-electron chi connectivity index (χ1n) is 11.0. The SMILES string of the molecule is N/N=C\N(N)c1ccc(Cl)cc1-c1cc2n(c(=O)c1CCl)C(c1ncc(-c3ccc(C=O)s3)[nH]1)CC2. The maximum Gasteiger partial charge on any atom is 0.256 e. The van der Waals surface area contributed by atoms with Crippen molar-refractivity contribution in [1.82, 2.24) is 14.5 Å².